The molecule has 0 aliphatic carbocycles. The van der Waals surface area contributed by atoms with Crippen LogP contribution in [0.3, 0.4) is 0 Å². The molecule has 3 amide bonds. The third kappa shape index (κ3) is 5.16. The Bertz CT molecular complexity index is 666. The minimum Gasteiger partial charge on any atom is -0.384 e. The molecule has 0 unspecified atom stereocenters. The van der Waals surface area contributed by atoms with Crippen LogP contribution in [0, 0.1) is 12.3 Å². The molecule has 7 nitrogen and oxygen atoms in total. The van der Waals surface area contributed by atoms with Gasteiger partial charge in [-0.15, -0.1) is 12.4 Å². The number of methoxy groups -OCH3 is 1. The Morgan fingerprint density at radius 3 is 2.39 bits per heavy atom. The van der Waals surface area contributed by atoms with Crippen molar-refractivity contribution in [2.45, 2.75) is 19.8 Å². The lowest BCUT2D eigenvalue weighted by Gasteiger charge is -2.42. The van der Waals surface area contributed by atoms with Gasteiger partial charge in [0.05, 0.1) is 12.0 Å². The van der Waals surface area contributed by atoms with E-state index in [0.717, 1.165) is 37.2 Å². The molecule has 0 bridgehead atoms. The Kier molecular flexibility index (Phi) is 8.10. The zero-order valence-corrected chi connectivity index (χ0v) is 17.5. The van der Waals surface area contributed by atoms with Crippen molar-refractivity contribution in [2.24, 2.45) is 5.41 Å². The summed E-state index contributed by atoms with van der Waals surface area (Å²) in [7, 11) is 1.66. The number of aryl methyl sites for hydroxylation is 1. The quantitative estimate of drug-likeness (QED) is 0.797. The number of carbonyl (C=O) groups is 2. The summed E-state index contributed by atoms with van der Waals surface area (Å²) in [6.07, 6.45) is 1.60. The number of hydrogen-bond acceptors (Lipinski definition) is 4. The van der Waals surface area contributed by atoms with Crippen LogP contribution in [0.25, 0.3) is 0 Å². The van der Waals surface area contributed by atoms with Crippen molar-refractivity contribution < 1.29 is 14.3 Å². The normalized spacial score (nSPS) is 18.9. The summed E-state index contributed by atoms with van der Waals surface area (Å²) in [5.74, 6) is 0.171. The number of anilines is 1. The molecule has 8 heteroatoms. The largest absolute Gasteiger partial charge is 0.384 e. The van der Waals surface area contributed by atoms with E-state index in [-0.39, 0.29) is 24.3 Å². The maximum atomic E-state index is 13.2. The molecule has 2 aliphatic heterocycles. The number of carbonyl (C=O) groups excluding carboxylic acids is 2. The van der Waals surface area contributed by atoms with Gasteiger partial charge in [-0.05, 0) is 50.6 Å². The molecule has 0 aromatic heterocycles. The molecule has 0 atom stereocenters. The molecule has 156 valence electrons. The SMILES string of the molecule is COCC1(C(=O)N2CCN(C(=O)Nc3cccc(C)c3)CC2)CCNCC1.Cl. The zero-order valence-electron chi connectivity index (χ0n) is 16.7. The van der Waals surface area contributed by atoms with Crippen molar-refractivity contribution in [1.29, 1.82) is 0 Å². The van der Waals surface area contributed by atoms with Crippen molar-refractivity contribution in [3.05, 3.63) is 29.8 Å². The Balaban J connectivity index is 0.00000280. The number of nitrogens with one attached hydrogen (secondary N) is 2. The lowest BCUT2D eigenvalue weighted by molar-refractivity contribution is -0.149. The molecule has 28 heavy (non-hydrogen) atoms. The van der Waals surface area contributed by atoms with Crippen molar-refractivity contribution in [3.8, 4) is 0 Å². The van der Waals surface area contributed by atoms with E-state index in [1.165, 1.54) is 0 Å². The number of piperidine rings is 1. The zero-order chi connectivity index (χ0) is 19.3. The lowest BCUT2D eigenvalue weighted by Crippen LogP contribution is -2.57. The Hall–Kier alpha value is -1.83. The fourth-order valence-electron chi connectivity index (χ4n) is 3.97. The fraction of sp³-hybridized carbons (Fsp3) is 0.600. The van der Waals surface area contributed by atoms with Gasteiger partial charge in [0, 0.05) is 39.0 Å². The van der Waals surface area contributed by atoms with Gasteiger partial charge in [0.1, 0.15) is 0 Å². The van der Waals surface area contributed by atoms with Crippen LogP contribution in [0.2, 0.25) is 0 Å². The van der Waals surface area contributed by atoms with Gasteiger partial charge >= 0.3 is 6.03 Å². The summed E-state index contributed by atoms with van der Waals surface area (Å²) in [6, 6.07) is 7.65. The highest BCUT2D eigenvalue weighted by molar-refractivity contribution is 5.90. The number of piperazine rings is 1. The standard InChI is InChI=1S/C20H30N4O3.ClH/c1-16-4-3-5-17(14-16)22-19(26)24-12-10-23(11-13-24)18(25)20(15-27-2)6-8-21-9-7-20;/h3-5,14,21H,6-13,15H2,1-2H3,(H,22,26);1H. The van der Waals surface area contributed by atoms with Crippen LogP contribution in [-0.4, -0.2) is 74.7 Å². The topological polar surface area (TPSA) is 73.9 Å². The van der Waals surface area contributed by atoms with Crippen molar-refractivity contribution >= 4 is 30.0 Å². The van der Waals surface area contributed by atoms with E-state index >= 15 is 0 Å². The van der Waals surface area contributed by atoms with Crippen molar-refractivity contribution in [1.82, 2.24) is 15.1 Å². The summed E-state index contributed by atoms with van der Waals surface area (Å²) < 4.78 is 5.38. The van der Waals surface area contributed by atoms with E-state index in [2.05, 4.69) is 10.6 Å². The molecule has 2 saturated heterocycles. The molecular weight excluding hydrogens is 380 g/mol. The van der Waals surface area contributed by atoms with E-state index in [1.54, 1.807) is 12.0 Å². The van der Waals surface area contributed by atoms with Gasteiger partial charge in [0.15, 0.2) is 0 Å². The van der Waals surface area contributed by atoms with Gasteiger partial charge in [0.2, 0.25) is 5.91 Å². The number of ether oxygens (including phenoxy) is 1. The monoisotopic (exact) mass is 410 g/mol. The first kappa shape index (κ1) is 22.5. The first-order valence-corrected chi connectivity index (χ1v) is 9.66. The van der Waals surface area contributed by atoms with Gasteiger partial charge in [-0.1, -0.05) is 12.1 Å². The summed E-state index contributed by atoms with van der Waals surface area (Å²) in [5, 5.41) is 6.26. The van der Waals surface area contributed by atoms with Crippen molar-refractivity contribution in [2.75, 3.05) is 58.3 Å². The fourth-order valence-corrected chi connectivity index (χ4v) is 3.97. The van der Waals surface area contributed by atoms with Crippen LogP contribution in [-0.2, 0) is 9.53 Å². The maximum Gasteiger partial charge on any atom is 0.321 e. The highest BCUT2D eigenvalue weighted by atomic mass is 35.5. The van der Waals surface area contributed by atoms with Crippen LogP contribution in [0.15, 0.2) is 24.3 Å². The van der Waals surface area contributed by atoms with Gasteiger partial charge < -0.3 is 25.2 Å². The summed E-state index contributed by atoms with van der Waals surface area (Å²) in [4.78, 5) is 29.4. The first-order chi connectivity index (χ1) is 13.0. The number of hydrogen-bond donors (Lipinski definition) is 2. The van der Waals surface area contributed by atoms with Crippen LogP contribution in [0.4, 0.5) is 10.5 Å². The van der Waals surface area contributed by atoms with Crippen molar-refractivity contribution in [3.63, 3.8) is 0 Å². The summed E-state index contributed by atoms with van der Waals surface area (Å²) in [5.41, 5.74) is 1.48. The van der Waals surface area contributed by atoms with E-state index in [0.29, 0.717) is 32.8 Å². The second kappa shape index (κ2) is 10.1. The molecule has 1 aromatic carbocycles. The molecule has 2 aliphatic rings. The number of halogens is 1. The smallest absolute Gasteiger partial charge is 0.321 e. The molecule has 0 saturated carbocycles. The summed E-state index contributed by atoms with van der Waals surface area (Å²) >= 11 is 0. The third-order valence-electron chi connectivity index (χ3n) is 5.56. The minimum absolute atomic E-state index is 0. The van der Waals surface area contributed by atoms with Gasteiger partial charge in [0.25, 0.3) is 0 Å². The predicted octanol–water partition coefficient (Wildman–Crippen LogP) is 2.11. The second-order valence-electron chi connectivity index (χ2n) is 7.54. The Labute approximate surface area is 173 Å². The second-order valence-corrected chi connectivity index (χ2v) is 7.54. The average Bonchev–Trinajstić information content (AvgIpc) is 2.68. The van der Waals surface area contributed by atoms with E-state index in [1.807, 2.05) is 36.1 Å². The van der Waals surface area contributed by atoms with Gasteiger partial charge in [-0.3, -0.25) is 4.79 Å². The van der Waals surface area contributed by atoms with Crippen LogP contribution < -0.4 is 10.6 Å². The van der Waals surface area contributed by atoms with E-state index < -0.39 is 5.41 Å². The van der Waals surface area contributed by atoms with Crippen LogP contribution in [0.1, 0.15) is 18.4 Å². The number of nitrogens with zero attached hydrogens (tertiary/aromatic N) is 2. The number of rotatable bonds is 4. The van der Waals surface area contributed by atoms with Gasteiger partial charge in [-0.25, -0.2) is 4.79 Å². The first-order valence-electron chi connectivity index (χ1n) is 9.66. The average molecular weight is 411 g/mol. The molecule has 2 N–H and O–H groups in total. The third-order valence-corrected chi connectivity index (χ3v) is 5.56. The van der Waals surface area contributed by atoms with Crippen LogP contribution >= 0.6 is 12.4 Å². The number of urea groups is 1. The number of amides is 3. The summed E-state index contributed by atoms with van der Waals surface area (Å²) in [6.45, 7) is 6.37. The molecule has 1 aromatic rings. The highest BCUT2D eigenvalue weighted by Gasteiger charge is 2.43. The molecule has 2 heterocycles. The van der Waals surface area contributed by atoms with Crippen LogP contribution in [0.5, 0.6) is 0 Å². The van der Waals surface area contributed by atoms with Gasteiger partial charge in [-0.2, -0.15) is 0 Å². The lowest BCUT2D eigenvalue weighted by atomic mass is 9.78. The molecule has 2 fully saturated rings. The molecule has 0 spiro atoms. The van der Waals surface area contributed by atoms with E-state index in [4.69, 9.17) is 4.74 Å². The molecular formula is C20H31ClN4O3. The molecule has 3 rings (SSSR count). The minimum atomic E-state index is -0.425. The number of benzene rings is 1. The Morgan fingerprint density at radius 1 is 1.14 bits per heavy atom. The Morgan fingerprint density at radius 2 is 1.79 bits per heavy atom. The highest BCUT2D eigenvalue weighted by Crippen LogP contribution is 2.32. The molecule has 0 radical (unpaired) electrons. The maximum absolute atomic E-state index is 13.2. The predicted molar refractivity (Wildman–Crippen MR) is 112 cm³/mol. The van der Waals surface area contributed by atoms with E-state index in [9.17, 15) is 9.59 Å².